The van der Waals surface area contributed by atoms with Gasteiger partial charge in [0.2, 0.25) is 0 Å². The Kier molecular flexibility index (Phi) is 3.51. The zero-order valence-corrected chi connectivity index (χ0v) is 8.39. The van der Waals surface area contributed by atoms with Gasteiger partial charge in [-0.3, -0.25) is 0 Å². The fourth-order valence-corrected chi connectivity index (χ4v) is 2.02. The molecule has 2 heteroatoms. The Morgan fingerprint density at radius 1 is 1.50 bits per heavy atom. The fraction of sp³-hybridized carbons (Fsp3) is 1.00. The van der Waals surface area contributed by atoms with Crippen molar-refractivity contribution in [1.29, 1.82) is 0 Å². The van der Waals surface area contributed by atoms with Crippen molar-refractivity contribution in [3.8, 4) is 0 Å². The van der Waals surface area contributed by atoms with E-state index in [4.69, 9.17) is 0 Å². The van der Waals surface area contributed by atoms with E-state index < -0.39 is 6.17 Å². The van der Waals surface area contributed by atoms with Crippen molar-refractivity contribution in [3.05, 3.63) is 0 Å². The van der Waals surface area contributed by atoms with Crippen molar-refractivity contribution in [3.63, 3.8) is 0 Å². The van der Waals surface area contributed by atoms with Gasteiger partial charge in [0.1, 0.15) is 6.17 Å². The molecule has 0 bridgehead atoms. The van der Waals surface area contributed by atoms with E-state index in [1.807, 2.05) is 0 Å². The van der Waals surface area contributed by atoms with Crippen molar-refractivity contribution in [2.75, 3.05) is 19.6 Å². The first-order valence-corrected chi connectivity index (χ1v) is 5.01. The summed E-state index contributed by atoms with van der Waals surface area (Å²) in [7, 11) is 0. The van der Waals surface area contributed by atoms with Gasteiger partial charge in [0, 0.05) is 6.54 Å². The molecule has 1 aliphatic heterocycles. The van der Waals surface area contributed by atoms with E-state index in [0.29, 0.717) is 18.4 Å². The number of hydrogen-bond acceptors (Lipinski definition) is 1. The fourth-order valence-electron chi connectivity index (χ4n) is 2.02. The molecule has 12 heavy (non-hydrogen) atoms. The molecule has 0 aliphatic carbocycles. The summed E-state index contributed by atoms with van der Waals surface area (Å²) in [4.78, 5) is 2.20. The molecule has 0 N–H and O–H groups in total. The summed E-state index contributed by atoms with van der Waals surface area (Å²) in [6.07, 6.45) is 0.436. The lowest BCUT2D eigenvalue weighted by Crippen LogP contribution is -2.43. The first-order valence-electron chi connectivity index (χ1n) is 5.01. The summed E-state index contributed by atoms with van der Waals surface area (Å²) in [6.45, 7) is 9.07. The zero-order valence-electron chi connectivity index (χ0n) is 8.39. The van der Waals surface area contributed by atoms with E-state index in [9.17, 15) is 4.39 Å². The lowest BCUT2D eigenvalue weighted by Gasteiger charge is -2.35. The molecule has 1 nitrogen and oxygen atoms in total. The minimum absolute atomic E-state index is 0.299. The Morgan fingerprint density at radius 3 is 2.58 bits per heavy atom. The first kappa shape index (κ1) is 9.97. The molecule has 2 atom stereocenters. The van der Waals surface area contributed by atoms with E-state index in [0.717, 1.165) is 19.5 Å². The Balaban J connectivity index is 2.42. The van der Waals surface area contributed by atoms with E-state index >= 15 is 0 Å². The first-order chi connectivity index (χ1) is 5.65. The van der Waals surface area contributed by atoms with Crippen molar-refractivity contribution in [2.24, 2.45) is 11.8 Å². The van der Waals surface area contributed by atoms with Crippen LogP contribution in [0.1, 0.15) is 27.2 Å². The van der Waals surface area contributed by atoms with E-state index in [1.165, 1.54) is 0 Å². The van der Waals surface area contributed by atoms with Crippen molar-refractivity contribution in [2.45, 2.75) is 33.4 Å². The monoisotopic (exact) mass is 173 g/mol. The minimum Gasteiger partial charge on any atom is -0.301 e. The lowest BCUT2D eigenvalue weighted by atomic mass is 9.85. The quantitative estimate of drug-likeness (QED) is 0.619. The highest BCUT2D eigenvalue weighted by Crippen LogP contribution is 2.26. The standard InChI is InChI=1S/C10H20FN/c1-4-12-6-5-9(8(2)3)10(11)7-12/h8-10H,4-7H2,1-3H3/t9?,10-/m0/s1. The Hall–Kier alpha value is -0.110. The molecule has 0 aromatic rings. The van der Waals surface area contributed by atoms with E-state index in [2.05, 4.69) is 25.7 Å². The van der Waals surface area contributed by atoms with Gasteiger partial charge in [-0.1, -0.05) is 20.8 Å². The largest absolute Gasteiger partial charge is 0.301 e. The third kappa shape index (κ3) is 2.19. The van der Waals surface area contributed by atoms with Crippen molar-refractivity contribution in [1.82, 2.24) is 4.90 Å². The summed E-state index contributed by atoms with van der Waals surface area (Å²) < 4.78 is 13.5. The number of likely N-dealkylation sites (tertiary alicyclic amines) is 1. The second kappa shape index (κ2) is 4.22. The van der Waals surface area contributed by atoms with Crippen LogP contribution >= 0.6 is 0 Å². The minimum atomic E-state index is -0.598. The normalized spacial score (nSPS) is 32.8. The molecule has 0 radical (unpaired) electrons. The molecule has 1 unspecified atom stereocenters. The topological polar surface area (TPSA) is 3.24 Å². The number of rotatable bonds is 2. The van der Waals surface area contributed by atoms with Crippen LogP contribution < -0.4 is 0 Å². The van der Waals surface area contributed by atoms with Gasteiger partial charge in [0.15, 0.2) is 0 Å². The molecule has 0 aromatic heterocycles. The van der Waals surface area contributed by atoms with Gasteiger partial charge >= 0.3 is 0 Å². The van der Waals surface area contributed by atoms with Crippen LogP contribution in [0.4, 0.5) is 4.39 Å². The van der Waals surface area contributed by atoms with Crippen LogP contribution in [0.3, 0.4) is 0 Å². The van der Waals surface area contributed by atoms with Crippen LogP contribution in [0.25, 0.3) is 0 Å². The molecule has 1 rings (SSSR count). The molecular formula is C10H20FN. The molecule has 0 spiro atoms. The second-order valence-corrected chi connectivity index (χ2v) is 4.11. The van der Waals surface area contributed by atoms with Crippen LogP contribution in [0.5, 0.6) is 0 Å². The van der Waals surface area contributed by atoms with Crippen LogP contribution in [0.2, 0.25) is 0 Å². The summed E-state index contributed by atoms with van der Waals surface area (Å²) in [5, 5.41) is 0. The number of hydrogen-bond donors (Lipinski definition) is 0. The molecule has 0 saturated carbocycles. The Labute approximate surface area is 74.9 Å². The van der Waals surface area contributed by atoms with Gasteiger partial charge in [-0.25, -0.2) is 4.39 Å². The molecule has 72 valence electrons. The number of piperidine rings is 1. The lowest BCUT2D eigenvalue weighted by molar-refractivity contribution is 0.0645. The predicted molar refractivity (Wildman–Crippen MR) is 50.0 cm³/mol. The third-order valence-electron chi connectivity index (χ3n) is 2.98. The Bertz CT molecular complexity index is 136. The van der Waals surface area contributed by atoms with Crippen LogP contribution in [-0.4, -0.2) is 30.7 Å². The summed E-state index contributed by atoms with van der Waals surface area (Å²) in [6, 6.07) is 0. The van der Waals surface area contributed by atoms with Gasteiger partial charge in [-0.15, -0.1) is 0 Å². The van der Waals surface area contributed by atoms with Crippen LogP contribution in [0, 0.1) is 11.8 Å². The molecule has 1 saturated heterocycles. The maximum Gasteiger partial charge on any atom is 0.116 e. The highest BCUT2D eigenvalue weighted by Gasteiger charge is 2.30. The average Bonchev–Trinajstić information content (AvgIpc) is 2.03. The van der Waals surface area contributed by atoms with Gasteiger partial charge in [0.25, 0.3) is 0 Å². The highest BCUT2D eigenvalue weighted by molar-refractivity contribution is 4.81. The maximum atomic E-state index is 13.5. The molecule has 1 fully saturated rings. The van der Waals surface area contributed by atoms with Gasteiger partial charge < -0.3 is 4.90 Å². The molecular weight excluding hydrogens is 153 g/mol. The SMILES string of the molecule is CCN1CCC(C(C)C)[C@@H](F)C1. The highest BCUT2D eigenvalue weighted by atomic mass is 19.1. The molecule has 0 amide bonds. The average molecular weight is 173 g/mol. The molecule has 1 heterocycles. The summed E-state index contributed by atoms with van der Waals surface area (Å²) in [5.74, 6) is 0.798. The van der Waals surface area contributed by atoms with Crippen LogP contribution in [0.15, 0.2) is 0 Å². The van der Waals surface area contributed by atoms with Crippen LogP contribution in [-0.2, 0) is 0 Å². The van der Waals surface area contributed by atoms with Gasteiger partial charge in [0.05, 0.1) is 0 Å². The summed E-state index contributed by atoms with van der Waals surface area (Å²) in [5.41, 5.74) is 0. The van der Waals surface area contributed by atoms with Crippen molar-refractivity contribution >= 4 is 0 Å². The predicted octanol–water partition coefficient (Wildman–Crippen LogP) is 2.32. The van der Waals surface area contributed by atoms with Gasteiger partial charge in [-0.2, -0.15) is 0 Å². The molecule has 0 aromatic carbocycles. The molecule has 1 aliphatic rings. The second-order valence-electron chi connectivity index (χ2n) is 4.11. The smallest absolute Gasteiger partial charge is 0.116 e. The number of nitrogens with zero attached hydrogens (tertiary/aromatic N) is 1. The third-order valence-corrected chi connectivity index (χ3v) is 2.98. The van der Waals surface area contributed by atoms with E-state index in [1.54, 1.807) is 0 Å². The summed E-state index contributed by atoms with van der Waals surface area (Å²) >= 11 is 0. The van der Waals surface area contributed by atoms with E-state index in [-0.39, 0.29) is 0 Å². The Morgan fingerprint density at radius 2 is 2.17 bits per heavy atom. The van der Waals surface area contributed by atoms with Crippen molar-refractivity contribution < 1.29 is 4.39 Å². The maximum absolute atomic E-state index is 13.5. The number of halogens is 1. The zero-order chi connectivity index (χ0) is 9.14. The van der Waals surface area contributed by atoms with Gasteiger partial charge in [-0.05, 0) is 31.3 Å². The number of alkyl halides is 1.